The maximum Gasteiger partial charge on any atom is 0.290 e. The van der Waals surface area contributed by atoms with Gasteiger partial charge < -0.3 is 19.6 Å². The van der Waals surface area contributed by atoms with Crippen LogP contribution in [0.1, 0.15) is 37.4 Å². The van der Waals surface area contributed by atoms with Gasteiger partial charge in [0.1, 0.15) is 5.75 Å². The fourth-order valence-corrected chi connectivity index (χ4v) is 3.65. The third kappa shape index (κ3) is 4.17. The van der Waals surface area contributed by atoms with Crippen molar-refractivity contribution in [2.24, 2.45) is 0 Å². The molecule has 0 saturated heterocycles. The van der Waals surface area contributed by atoms with Crippen molar-refractivity contribution in [1.82, 2.24) is 4.90 Å². The predicted molar refractivity (Wildman–Crippen MR) is 117 cm³/mol. The predicted octanol–water partition coefficient (Wildman–Crippen LogP) is 4.03. The number of benzene rings is 2. The van der Waals surface area contributed by atoms with Crippen molar-refractivity contribution in [2.75, 3.05) is 25.6 Å². The number of carbonyl (C=O) groups is 2. The molecule has 1 aliphatic rings. The minimum absolute atomic E-state index is 0.172. The van der Waals surface area contributed by atoms with Crippen LogP contribution < -0.4 is 9.64 Å². The molecule has 0 aliphatic carbocycles. The number of rotatable bonds is 8. The molecule has 1 unspecified atom stereocenters. The highest BCUT2D eigenvalue weighted by atomic mass is 16.5. The monoisotopic (exact) mass is 408 g/mol. The quantitative estimate of drug-likeness (QED) is 0.714. The molecule has 1 heterocycles. The van der Waals surface area contributed by atoms with E-state index >= 15 is 0 Å². The zero-order valence-electron chi connectivity index (χ0n) is 17.9. The van der Waals surface area contributed by atoms with E-state index in [4.69, 9.17) is 4.74 Å². The van der Waals surface area contributed by atoms with Crippen LogP contribution in [0, 0.1) is 0 Å². The lowest BCUT2D eigenvalue weighted by molar-refractivity contribution is -0.130. The summed E-state index contributed by atoms with van der Waals surface area (Å²) in [5, 5.41) is 10.5. The zero-order valence-corrected chi connectivity index (χ0v) is 17.9. The average Bonchev–Trinajstić information content (AvgIpc) is 2.99. The molecule has 6 nitrogen and oxygen atoms in total. The Labute approximate surface area is 177 Å². The normalized spacial score (nSPS) is 16.2. The Balaban J connectivity index is 1.97. The number of aliphatic hydroxyl groups excluding tert-OH is 1. The first-order valence-electron chi connectivity index (χ1n) is 10.1. The molecular formula is C24H28N2O4. The summed E-state index contributed by atoms with van der Waals surface area (Å²) >= 11 is 0. The molecule has 30 heavy (non-hydrogen) atoms. The number of ether oxygens (including phenoxy) is 1. The first-order chi connectivity index (χ1) is 14.4. The number of amides is 1. The third-order valence-electron chi connectivity index (χ3n) is 5.24. The van der Waals surface area contributed by atoms with Gasteiger partial charge >= 0.3 is 0 Å². The maximum absolute atomic E-state index is 12.9. The highest BCUT2D eigenvalue weighted by Gasteiger charge is 2.42. The molecule has 1 N–H and O–H groups in total. The number of carbonyl (C=O) groups excluding carboxylic acids is 2. The fourth-order valence-electron chi connectivity index (χ4n) is 3.65. The largest absolute Gasteiger partial charge is 0.503 e. The van der Waals surface area contributed by atoms with Gasteiger partial charge in [-0.3, -0.25) is 9.59 Å². The van der Waals surface area contributed by atoms with Crippen molar-refractivity contribution in [2.45, 2.75) is 32.9 Å². The molecule has 2 aromatic rings. The summed E-state index contributed by atoms with van der Waals surface area (Å²) in [5.41, 5.74) is 2.86. The zero-order chi connectivity index (χ0) is 21.8. The molecular weight excluding hydrogens is 380 g/mol. The van der Waals surface area contributed by atoms with Gasteiger partial charge in [-0.05, 0) is 42.3 Å². The average molecular weight is 408 g/mol. The third-order valence-corrected chi connectivity index (χ3v) is 5.24. The van der Waals surface area contributed by atoms with Crippen molar-refractivity contribution in [3.8, 4) is 5.75 Å². The standard InChI is InChI=1S/C24H28N2O4/c1-5-20(27)21-22(17-9-11-18(12-10-17)25(3)4)26(24(29)23(21)28)15-16-7-13-19(14-8-16)30-6-2/h7-14,22,28H,5-6,15H2,1-4H3. The summed E-state index contributed by atoms with van der Waals surface area (Å²) in [6.45, 7) is 4.50. The molecule has 2 aromatic carbocycles. The number of hydrogen-bond donors (Lipinski definition) is 1. The topological polar surface area (TPSA) is 70.1 Å². The molecule has 3 rings (SSSR count). The maximum atomic E-state index is 12.9. The van der Waals surface area contributed by atoms with Crippen LogP contribution in [0.3, 0.4) is 0 Å². The molecule has 1 aliphatic heterocycles. The highest BCUT2D eigenvalue weighted by molar-refractivity contribution is 6.08. The lowest BCUT2D eigenvalue weighted by Gasteiger charge is -2.27. The van der Waals surface area contributed by atoms with Gasteiger partial charge in [0.05, 0.1) is 18.2 Å². The molecule has 0 saturated carbocycles. The molecule has 0 radical (unpaired) electrons. The second kappa shape index (κ2) is 9.03. The van der Waals surface area contributed by atoms with Crippen molar-refractivity contribution in [3.63, 3.8) is 0 Å². The van der Waals surface area contributed by atoms with E-state index in [0.717, 1.165) is 22.6 Å². The number of hydrogen-bond acceptors (Lipinski definition) is 5. The minimum atomic E-state index is -0.618. The number of aliphatic hydroxyl groups is 1. The van der Waals surface area contributed by atoms with Gasteiger partial charge in [-0.1, -0.05) is 31.2 Å². The Morgan fingerprint density at radius 3 is 2.23 bits per heavy atom. The lowest BCUT2D eigenvalue weighted by Crippen LogP contribution is -2.30. The number of nitrogens with zero attached hydrogens (tertiary/aromatic N) is 2. The SMILES string of the molecule is CCOc1ccc(CN2C(=O)C(O)=C(C(=O)CC)C2c2ccc(N(C)C)cc2)cc1. The van der Waals surface area contributed by atoms with Gasteiger partial charge in [-0.15, -0.1) is 0 Å². The van der Waals surface area contributed by atoms with E-state index in [2.05, 4.69) is 0 Å². The first kappa shape index (κ1) is 21.4. The molecule has 6 heteroatoms. The first-order valence-corrected chi connectivity index (χ1v) is 10.1. The van der Waals surface area contributed by atoms with Crippen LogP contribution in [-0.4, -0.2) is 42.4 Å². The molecule has 0 bridgehead atoms. The van der Waals surface area contributed by atoms with Gasteiger partial charge in [-0.2, -0.15) is 0 Å². The summed E-state index contributed by atoms with van der Waals surface area (Å²) in [6.07, 6.45) is 0.218. The Morgan fingerprint density at radius 1 is 1.07 bits per heavy atom. The Bertz CT molecular complexity index is 946. The van der Waals surface area contributed by atoms with Crippen LogP contribution >= 0.6 is 0 Å². The van der Waals surface area contributed by atoms with E-state index < -0.39 is 17.7 Å². The molecule has 0 fully saturated rings. The number of ketones is 1. The second-order valence-corrected chi connectivity index (χ2v) is 7.44. The van der Waals surface area contributed by atoms with Crippen LogP contribution in [-0.2, 0) is 16.1 Å². The minimum Gasteiger partial charge on any atom is -0.503 e. The van der Waals surface area contributed by atoms with Crippen LogP contribution in [0.2, 0.25) is 0 Å². The van der Waals surface area contributed by atoms with Gasteiger partial charge in [0.15, 0.2) is 11.5 Å². The second-order valence-electron chi connectivity index (χ2n) is 7.44. The van der Waals surface area contributed by atoms with Gasteiger partial charge in [0.2, 0.25) is 0 Å². The summed E-state index contributed by atoms with van der Waals surface area (Å²) in [6, 6.07) is 14.6. The summed E-state index contributed by atoms with van der Waals surface area (Å²) in [5.74, 6) is -0.443. The Kier molecular flexibility index (Phi) is 6.45. The highest BCUT2D eigenvalue weighted by Crippen LogP contribution is 2.39. The van der Waals surface area contributed by atoms with E-state index in [0.29, 0.717) is 6.61 Å². The van der Waals surface area contributed by atoms with Gasteiger partial charge in [0.25, 0.3) is 5.91 Å². The fraction of sp³-hybridized carbons (Fsp3) is 0.333. The smallest absolute Gasteiger partial charge is 0.290 e. The van der Waals surface area contributed by atoms with E-state index in [9.17, 15) is 14.7 Å². The van der Waals surface area contributed by atoms with Crippen molar-refractivity contribution >= 4 is 17.4 Å². The van der Waals surface area contributed by atoms with Gasteiger partial charge in [0, 0.05) is 32.7 Å². The summed E-state index contributed by atoms with van der Waals surface area (Å²) in [7, 11) is 3.90. The van der Waals surface area contributed by atoms with Crippen LogP contribution in [0.25, 0.3) is 0 Å². The van der Waals surface area contributed by atoms with Crippen LogP contribution in [0.15, 0.2) is 59.9 Å². The van der Waals surface area contributed by atoms with Crippen molar-refractivity contribution < 1.29 is 19.4 Å². The van der Waals surface area contributed by atoms with Crippen molar-refractivity contribution in [1.29, 1.82) is 0 Å². The molecule has 0 spiro atoms. The summed E-state index contributed by atoms with van der Waals surface area (Å²) in [4.78, 5) is 29.1. The molecule has 1 atom stereocenters. The number of anilines is 1. The van der Waals surface area contributed by atoms with E-state index in [-0.39, 0.29) is 24.3 Å². The van der Waals surface area contributed by atoms with E-state index in [1.54, 1.807) is 11.8 Å². The number of Topliss-reactive ketones (excluding diaryl/α,β-unsaturated/α-hetero) is 1. The molecule has 158 valence electrons. The van der Waals surface area contributed by atoms with E-state index in [1.807, 2.05) is 74.4 Å². The van der Waals surface area contributed by atoms with Crippen LogP contribution in [0.5, 0.6) is 5.75 Å². The van der Waals surface area contributed by atoms with Crippen LogP contribution in [0.4, 0.5) is 5.69 Å². The molecule has 1 amide bonds. The lowest BCUT2D eigenvalue weighted by atomic mass is 9.94. The van der Waals surface area contributed by atoms with Gasteiger partial charge in [-0.25, -0.2) is 0 Å². The summed E-state index contributed by atoms with van der Waals surface area (Å²) < 4.78 is 5.48. The van der Waals surface area contributed by atoms with E-state index in [1.165, 1.54) is 0 Å². The Hall–Kier alpha value is -3.28. The Morgan fingerprint density at radius 2 is 1.70 bits per heavy atom. The molecule has 0 aromatic heterocycles. The van der Waals surface area contributed by atoms with Crippen molar-refractivity contribution in [3.05, 3.63) is 71.0 Å².